The van der Waals surface area contributed by atoms with Crippen molar-refractivity contribution >= 4 is 27.8 Å². The van der Waals surface area contributed by atoms with E-state index in [0.29, 0.717) is 16.7 Å². The molecule has 1 nitrogen and oxygen atoms in total. The number of benzene rings is 11. The summed E-state index contributed by atoms with van der Waals surface area (Å²) in [6, 6.07) is 13.5. The van der Waals surface area contributed by atoms with Gasteiger partial charge in [0.25, 0.3) is 0 Å². The molecule has 11 aromatic carbocycles. The largest absolute Gasteiger partial charge is 0.310 e. The van der Waals surface area contributed by atoms with Gasteiger partial charge in [-0.15, -0.1) is 0 Å². The molecule has 11 aromatic rings. The minimum absolute atomic E-state index is 0.0361. The highest BCUT2D eigenvalue weighted by Gasteiger charge is 2.51. The van der Waals surface area contributed by atoms with E-state index in [0.717, 1.165) is 32.4 Å². The zero-order valence-electron chi connectivity index (χ0n) is 58.4. The molecule has 0 N–H and O–H groups in total. The van der Waals surface area contributed by atoms with Crippen molar-refractivity contribution in [3.8, 4) is 66.8 Å². The lowest BCUT2D eigenvalue weighted by Gasteiger charge is -2.31. The highest BCUT2D eigenvalue weighted by atomic mass is 15.1. The van der Waals surface area contributed by atoms with Gasteiger partial charge in [-0.05, 0) is 131 Å². The summed E-state index contributed by atoms with van der Waals surface area (Å²) in [4.78, 5) is 1.03. The summed E-state index contributed by atoms with van der Waals surface area (Å²) in [6.45, 7) is 0. The smallest absolute Gasteiger partial charge is 0.0725 e. The first kappa shape index (κ1) is 21.0. The minimum Gasteiger partial charge on any atom is -0.310 e. The number of nitrogens with zero attached hydrogens (tertiary/aromatic N) is 1. The van der Waals surface area contributed by atoms with Crippen molar-refractivity contribution < 1.29 is 32.9 Å². The summed E-state index contributed by atoms with van der Waals surface area (Å²) in [6.07, 6.45) is 0. The Kier molecular flexibility index (Phi) is 4.87. The Balaban J connectivity index is 1.17. The summed E-state index contributed by atoms with van der Waals surface area (Å²) in [5, 5.41) is 1.59. The SMILES string of the molecule is [2H]c1c([2H])c([2H])c(N(c2ccccc2-c2ccc3ccccc3c2-c2ccc(-c3ccccc3)cc2)c2c([2H])c([2H])c([2H])c(-c3c([2H])c([2H])c4c(c3[2H])C3(c5c([2H])c([2H])c([2H])c([2H])c5-c5c([2H])c([2H])c([2H])c([2H])c53)c3c([2H])c([2H])c([2H])c([2H])c3-4)c2[2H])c([2H])c1[2H]. The molecule has 0 saturated heterocycles. The first-order valence-corrected chi connectivity index (χ1v) is 21.0. The van der Waals surface area contributed by atoms with Gasteiger partial charge in [-0.3, -0.25) is 0 Å². The zero-order valence-corrected chi connectivity index (χ0v) is 34.4. The monoisotopic (exact) mass is 861 g/mol. The molecular formula is C65H43N. The van der Waals surface area contributed by atoms with Crippen LogP contribution in [0, 0.1) is 0 Å². The number of anilines is 3. The predicted molar refractivity (Wildman–Crippen MR) is 277 cm³/mol. The normalized spacial score (nSPS) is 17.8. The van der Waals surface area contributed by atoms with Crippen LogP contribution in [-0.4, -0.2) is 0 Å². The zero-order chi connectivity index (χ0) is 64.5. The molecule has 0 bridgehead atoms. The number of para-hydroxylation sites is 2. The standard InChI is InChI=1S/C65H43N/c1-3-18-44(19-4-1)45-34-36-47(37-35-45)64-52-25-8-7-20-46(52)38-41-58(64)57-29-12-16-33-63(57)66(50-22-5-2-6-23-50)51-24-17-21-48(42-51)49-39-40-56-55-28-11-15-32-61(55)65(62(56)43-49)59-30-13-9-26-53(59)54-27-10-14-31-60(54)65/h1-43H/i2D,5D,6D,9D,10D,11D,13D,14D,15D,17D,21D,22D,23D,24D,26D,27D,28D,30D,31D,32D,39D,40D,42D,43D. The van der Waals surface area contributed by atoms with Gasteiger partial charge in [-0.25, -0.2) is 0 Å². The third kappa shape index (κ3) is 5.80. The molecule has 0 heterocycles. The van der Waals surface area contributed by atoms with Crippen molar-refractivity contribution in [3.63, 3.8) is 0 Å². The van der Waals surface area contributed by atoms with E-state index in [1.807, 2.05) is 91.0 Å². The second kappa shape index (κ2) is 15.3. The van der Waals surface area contributed by atoms with Crippen LogP contribution in [0.3, 0.4) is 0 Å². The van der Waals surface area contributed by atoms with Crippen LogP contribution in [0.2, 0.25) is 0 Å². The topological polar surface area (TPSA) is 3.24 Å². The van der Waals surface area contributed by atoms with Crippen LogP contribution < -0.4 is 4.90 Å². The third-order valence-electron chi connectivity index (χ3n) is 12.3. The van der Waals surface area contributed by atoms with Gasteiger partial charge in [-0.1, -0.05) is 224 Å². The number of hydrogen-bond acceptors (Lipinski definition) is 1. The Morgan fingerprint density at radius 1 is 0.318 bits per heavy atom. The molecule has 0 unspecified atom stereocenters. The molecule has 308 valence electrons. The predicted octanol–water partition coefficient (Wildman–Crippen LogP) is 17.3. The van der Waals surface area contributed by atoms with Crippen LogP contribution in [0.1, 0.15) is 55.2 Å². The summed E-state index contributed by atoms with van der Waals surface area (Å²) >= 11 is 0. The fourth-order valence-corrected chi connectivity index (χ4v) is 9.54. The lowest BCUT2D eigenvalue weighted by Crippen LogP contribution is -2.25. The van der Waals surface area contributed by atoms with Gasteiger partial charge in [0.1, 0.15) is 0 Å². The Bertz CT molecular complexity index is 4940. The highest BCUT2D eigenvalue weighted by Crippen LogP contribution is 2.63. The third-order valence-corrected chi connectivity index (χ3v) is 12.3. The Labute approximate surface area is 419 Å². The van der Waals surface area contributed by atoms with E-state index in [-0.39, 0.29) is 5.69 Å². The molecule has 0 aliphatic heterocycles. The lowest BCUT2D eigenvalue weighted by molar-refractivity contribution is 0.794. The maximum Gasteiger partial charge on any atom is 0.0725 e. The number of rotatable bonds is 7. The van der Waals surface area contributed by atoms with E-state index in [9.17, 15) is 20.6 Å². The Morgan fingerprint density at radius 3 is 1.61 bits per heavy atom. The quantitative estimate of drug-likeness (QED) is 0.154. The maximum atomic E-state index is 10.6. The number of fused-ring (bicyclic) bond motifs is 11. The average Bonchev–Trinajstić information content (AvgIpc) is 1.48. The number of hydrogen-bond donors (Lipinski definition) is 0. The summed E-state index contributed by atoms with van der Waals surface area (Å²) in [5.74, 6) is 0. The van der Waals surface area contributed by atoms with Crippen LogP contribution >= 0.6 is 0 Å². The molecule has 0 fully saturated rings. The summed E-state index contributed by atoms with van der Waals surface area (Å²) in [7, 11) is 0. The average molecular weight is 862 g/mol. The molecule has 2 aliphatic carbocycles. The van der Waals surface area contributed by atoms with E-state index in [2.05, 4.69) is 0 Å². The molecule has 0 atom stereocenters. The van der Waals surface area contributed by atoms with Gasteiger partial charge < -0.3 is 4.90 Å². The molecular weight excluding hydrogens is 795 g/mol. The first-order valence-electron chi connectivity index (χ1n) is 33.0. The lowest BCUT2D eigenvalue weighted by atomic mass is 9.70. The van der Waals surface area contributed by atoms with Crippen LogP contribution in [0.5, 0.6) is 0 Å². The van der Waals surface area contributed by atoms with E-state index in [1.54, 1.807) is 18.2 Å². The van der Waals surface area contributed by atoms with E-state index < -0.39 is 217 Å². The van der Waals surface area contributed by atoms with Gasteiger partial charge in [0.15, 0.2) is 0 Å². The molecule has 2 aliphatic rings. The van der Waals surface area contributed by atoms with Gasteiger partial charge >= 0.3 is 0 Å². The van der Waals surface area contributed by atoms with Crippen molar-refractivity contribution in [2.75, 3.05) is 4.90 Å². The maximum absolute atomic E-state index is 10.6. The molecule has 0 saturated carbocycles. The van der Waals surface area contributed by atoms with Crippen molar-refractivity contribution in [2.45, 2.75) is 5.41 Å². The van der Waals surface area contributed by atoms with Crippen LogP contribution in [0.4, 0.5) is 17.1 Å². The van der Waals surface area contributed by atoms with Gasteiger partial charge in [0.05, 0.1) is 44.0 Å². The fraction of sp³-hybridized carbons (Fsp3) is 0.0154. The second-order valence-electron chi connectivity index (χ2n) is 15.7. The van der Waals surface area contributed by atoms with Crippen molar-refractivity contribution in [1.82, 2.24) is 0 Å². The first-order chi connectivity index (χ1) is 42.7. The van der Waals surface area contributed by atoms with E-state index >= 15 is 0 Å². The van der Waals surface area contributed by atoms with Crippen molar-refractivity contribution in [3.05, 3.63) is 283 Å². The van der Waals surface area contributed by atoms with Crippen molar-refractivity contribution in [1.29, 1.82) is 0 Å². The Hall–Kier alpha value is -8.52. The minimum atomic E-state index is -2.81. The van der Waals surface area contributed by atoms with E-state index in [1.165, 1.54) is 6.07 Å². The van der Waals surface area contributed by atoms with Gasteiger partial charge in [0, 0.05) is 16.9 Å². The molecule has 0 aromatic heterocycles. The van der Waals surface area contributed by atoms with Gasteiger partial charge in [-0.2, -0.15) is 0 Å². The van der Waals surface area contributed by atoms with Crippen LogP contribution in [0.25, 0.3) is 77.5 Å². The Morgan fingerprint density at radius 2 is 0.879 bits per heavy atom. The fourth-order valence-electron chi connectivity index (χ4n) is 9.54. The molecule has 1 spiro atoms. The van der Waals surface area contributed by atoms with Crippen molar-refractivity contribution in [2.24, 2.45) is 0 Å². The van der Waals surface area contributed by atoms with Crippen LogP contribution in [0.15, 0.2) is 260 Å². The summed E-state index contributed by atoms with van der Waals surface area (Å²) < 4.78 is 227. The highest BCUT2D eigenvalue weighted by molar-refractivity contribution is 6.07. The molecule has 0 radical (unpaired) electrons. The second-order valence-corrected chi connectivity index (χ2v) is 15.7. The van der Waals surface area contributed by atoms with Gasteiger partial charge in [0.2, 0.25) is 0 Å². The molecule has 66 heavy (non-hydrogen) atoms. The van der Waals surface area contributed by atoms with Crippen LogP contribution in [-0.2, 0) is 5.41 Å². The molecule has 13 rings (SSSR count). The van der Waals surface area contributed by atoms with E-state index in [4.69, 9.17) is 12.3 Å². The summed E-state index contributed by atoms with van der Waals surface area (Å²) in [5.41, 5.74) is -6.50. The molecule has 0 amide bonds. The molecule has 1 heteroatoms.